The lowest BCUT2D eigenvalue weighted by Crippen LogP contribution is -2.31. The largest absolute Gasteiger partial charge is 0.503 e. The molecule has 5 rings (SSSR count). The fourth-order valence-corrected chi connectivity index (χ4v) is 5.28. The van der Waals surface area contributed by atoms with Gasteiger partial charge in [0, 0.05) is 5.02 Å². The van der Waals surface area contributed by atoms with Crippen LogP contribution >= 0.6 is 22.9 Å². The number of aliphatic hydroxyl groups is 1. The smallest absolute Gasteiger partial charge is 0.296 e. The number of aliphatic hydroxyl groups excluding tert-OH is 1. The molecule has 1 N–H and O–H groups in total. The summed E-state index contributed by atoms with van der Waals surface area (Å²) in [5, 5.41) is 11.7. The summed E-state index contributed by atoms with van der Waals surface area (Å²) in [5.41, 5.74) is 1.04. The number of carbonyl (C=O) groups excluding carboxylic acids is 2. The van der Waals surface area contributed by atoms with Crippen molar-refractivity contribution in [3.8, 4) is 11.5 Å². The molecule has 178 valence electrons. The Morgan fingerprint density at radius 2 is 2.06 bits per heavy atom. The molecule has 4 aromatic rings. The van der Waals surface area contributed by atoms with Gasteiger partial charge in [0.25, 0.3) is 5.91 Å². The van der Waals surface area contributed by atoms with Gasteiger partial charge in [-0.3, -0.25) is 14.5 Å². The highest BCUT2D eigenvalue weighted by Crippen LogP contribution is 2.46. The molecule has 0 fully saturated rings. The second-order valence-corrected chi connectivity index (χ2v) is 9.04. The van der Waals surface area contributed by atoms with Gasteiger partial charge in [0.2, 0.25) is 5.78 Å². The Morgan fingerprint density at radius 3 is 2.77 bits per heavy atom. The number of aromatic nitrogens is 1. The van der Waals surface area contributed by atoms with Crippen molar-refractivity contribution in [3.05, 3.63) is 82.5 Å². The summed E-state index contributed by atoms with van der Waals surface area (Å²) in [6.45, 7) is 2.28. The van der Waals surface area contributed by atoms with Crippen LogP contribution in [0.5, 0.6) is 11.5 Å². The Kier molecular flexibility index (Phi) is 5.96. The maximum atomic E-state index is 13.4. The number of hydrogen-bond acceptors (Lipinski definition) is 8. The van der Waals surface area contributed by atoms with Crippen LogP contribution in [0.2, 0.25) is 5.02 Å². The van der Waals surface area contributed by atoms with E-state index in [2.05, 4.69) is 4.98 Å². The van der Waals surface area contributed by atoms with Gasteiger partial charge >= 0.3 is 0 Å². The molecular formula is C25H19ClN2O6S. The van der Waals surface area contributed by atoms with Crippen LogP contribution < -0.4 is 14.4 Å². The van der Waals surface area contributed by atoms with E-state index >= 15 is 0 Å². The summed E-state index contributed by atoms with van der Waals surface area (Å²) in [7, 11) is 1.50. The number of nitrogens with zero attached hydrogens (tertiary/aromatic N) is 2. The Hall–Kier alpha value is -3.82. The molecule has 0 aliphatic carbocycles. The average Bonchev–Trinajstić information content (AvgIpc) is 3.58. The van der Waals surface area contributed by atoms with E-state index in [-0.39, 0.29) is 11.3 Å². The molecule has 1 amide bonds. The first-order chi connectivity index (χ1) is 16.9. The van der Waals surface area contributed by atoms with Crippen molar-refractivity contribution in [2.45, 2.75) is 13.0 Å². The molecule has 8 nitrogen and oxygen atoms in total. The zero-order valence-electron chi connectivity index (χ0n) is 18.6. The first-order valence-electron chi connectivity index (χ1n) is 10.6. The number of carbonyl (C=O) groups is 2. The standard InChI is InChI=1S/C25H19ClN2O6S/c1-3-33-16-9-6-13(11-18(16)32-2)21-20(22(29)17-5-4-10-34-17)23(30)24(31)28(21)25-27-15-8-7-14(26)12-19(15)35-25/h4-12,21,30H,3H2,1-2H3. The van der Waals surface area contributed by atoms with Crippen molar-refractivity contribution < 1.29 is 28.6 Å². The van der Waals surface area contributed by atoms with Crippen molar-refractivity contribution in [1.29, 1.82) is 0 Å². The topological polar surface area (TPSA) is 102 Å². The number of ether oxygens (including phenoxy) is 2. The SMILES string of the molecule is CCOc1ccc(C2C(C(=O)c3ccco3)=C(O)C(=O)N2c2nc3ccc(Cl)cc3s2)cc1OC. The minimum Gasteiger partial charge on any atom is -0.503 e. The van der Waals surface area contributed by atoms with Gasteiger partial charge < -0.3 is 19.0 Å². The third kappa shape index (κ3) is 3.92. The third-order valence-corrected chi connectivity index (χ3v) is 6.80. The molecule has 1 unspecified atom stereocenters. The molecule has 2 aromatic carbocycles. The first-order valence-corrected chi connectivity index (χ1v) is 11.8. The Labute approximate surface area is 209 Å². The van der Waals surface area contributed by atoms with Crippen LogP contribution in [0.25, 0.3) is 10.2 Å². The van der Waals surface area contributed by atoms with E-state index in [1.54, 1.807) is 42.5 Å². The van der Waals surface area contributed by atoms with E-state index in [1.165, 1.54) is 35.7 Å². The van der Waals surface area contributed by atoms with Crippen LogP contribution in [0.3, 0.4) is 0 Å². The van der Waals surface area contributed by atoms with Crippen LogP contribution in [-0.4, -0.2) is 35.5 Å². The molecule has 1 atom stereocenters. The molecule has 1 aliphatic heterocycles. The van der Waals surface area contributed by atoms with Gasteiger partial charge in [-0.25, -0.2) is 4.98 Å². The molecule has 0 saturated heterocycles. The van der Waals surface area contributed by atoms with Crippen molar-refractivity contribution >= 4 is 50.0 Å². The molecule has 1 aliphatic rings. The van der Waals surface area contributed by atoms with Crippen molar-refractivity contribution in [3.63, 3.8) is 0 Å². The number of furan rings is 1. The minimum atomic E-state index is -0.985. The van der Waals surface area contributed by atoms with Crippen molar-refractivity contribution in [1.82, 2.24) is 4.98 Å². The summed E-state index contributed by atoms with van der Waals surface area (Å²) in [6.07, 6.45) is 1.35. The predicted octanol–water partition coefficient (Wildman–Crippen LogP) is 5.73. The van der Waals surface area contributed by atoms with E-state index in [0.717, 1.165) is 4.70 Å². The van der Waals surface area contributed by atoms with Gasteiger partial charge in [-0.15, -0.1) is 0 Å². The lowest BCUT2D eigenvalue weighted by molar-refractivity contribution is -0.117. The first kappa shape index (κ1) is 22.9. The average molecular weight is 511 g/mol. The molecule has 0 bridgehead atoms. The number of methoxy groups -OCH3 is 1. The van der Waals surface area contributed by atoms with Gasteiger partial charge in [-0.2, -0.15) is 0 Å². The molecule has 0 radical (unpaired) electrons. The van der Waals surface area contributed by atoms with E-state index in [1.807, 2.05) is 6.92 Å². The maximum absolute atomic E-state index is 13.4. The van der Waals surface area contributed by atoms with Crippen LogP contribution in [0, 0.1) is 0 Å². The monoisotopic (exact) mass is 510 g/mol. The number of anilines is 1. The van der Waals surface area contributed by atoms with Gasteiger partial charge in [0.05, 0.1) is 41.8 Å². The summed E-state index contributed by atoms with van der Waals surface area (Å²) in [4.78, 5) is 32.6. The predicted molar refractivity (Wildman–Crippen MR) is 132 cm³/mol. The zero-order chi connectivity index (χ0) is 24.7. The Morgan fingerprint density at radius 1 is 1.23 bits per heavy atom. The lowest BCUT2D eigenvalue weighted by Gasteiger charge is -2.25. The molecule has 0 saturated carbocycles. The quantitative estimate of drug-likeness (QED) is 0.316. The van der Waals surface area contributed by atoms with Crippen LogP contribution in [0.15, 0.2) is 70.5 Å². The molecule has 2 aromatic heterocycles. The minimum absolute atomic E-state index is 0.000170. The normalized spacial score (nSPS) is 15.8. The van der Waals surface area contributed by atoms with Crippen LogP contribution in [0.4, 0.5) is 5.13 Å². The van der Waals surface area contributed by atoms with Crippen molar-refractivity contribution in [2.75, 3.05) is 18.6 Å². The number of fused-ring (bicyclic) bond motifs is 1. The second-order valence-electron chi connectivity index (χ2n) is 7.60. The number of ketones is 1. The highest BCUT2D eigenvalue weighted by molar-refractivity contribution is 7.22. The van der Waals surface area contributed by atoms with Crippen LogP contribution in [-0.2, 0) is 4.79 Å². The summed E-state index contributed by atoms with van der Waals surface area (Å²) in [6, 6.07) is 12.3. The highest BCUT2D eigenvalue weighted by Gasteiger charge is 2.46. The third-order valence-electron chi connectivity index (χ3n) is 5.55. The molecular weight excluding hydrogens is 492 g/mol. The molecule has 0 spiro atoms. The van der Waals surface area contributed by atoms with Gasteiger partial charge in [0.1, 0.15) is 0 Å². The number of rotatable bonds is 7. The van der Waals surface area contributed by atoms with Gasteiger partial charge in [-0.05, 0) is 55.0 Å². The number of Topliss-reactive ketones (excluding diaryl/α,β-unsaturated/α-hetero) is 1. The fraction of sp³-hybridized carbons (Fsp3) is 0.160. The number of benzene rings is 2. The summed E-state index contributed by atoms with van der Waals surface area (Å²) >= 11 is 7.36. The van der Waals surface area contributed by atoms with E-state index < -0.39 is 23.5 Å². The number of halogens is 1. The second kappa shape index (κ2) is 9.09. The fourth-order valence-electron chi connectivity index (χ4n) is 4.01. The summed E-state index contributed by atoms with van der Waals surface area (Å²) < 4.78 is 17.1. The Bertz CT molecular complexity index is 1480. The maximum Gasteiger partial charge on any atom is 0.296 e. The van der Waals surface area contributed by atoms with Crippen molar-refractivity contribution in [2.24, 2.45) is 0 Å². The number of thiazole rings is 1. The molecule has 3 heterocycles. The van der Waals surface area contributed by atoms with E-state index in [0.29, 0.717) is 39.3 Å². The Balaban J connectivity index is 1.69. The zero-order valence-corrected chi connectivity index (χ0v) is 20.2. The molecule has 10 heteroatoms. The van der Waals surface area contributed by atoms with Crippen LogP contribution in [0.1, 0.15) is 29.1 Å². The highest BCUT2D eigenvalue weighted by atomic mass is 35.5. The van der Waals surface area contributed by atoms with Gasteiger partial charge in [0.15, 0.2) is 28.1 Å². The lowest BCUT2D eigenvalue weighted by atomic mass is 9.95. The van der Waals surface area contributed by atoms with E-state index in [9.17, 15) is 14.7 Å². The molecule has 35 heavy (non-hydrogen) atoms. The number of hydrogen-bond donors (Lipinski definition) is 1. The summed E-state index contributed by atoms with van der Waals surface area (Å²) in [5.74, 6) is -1.09. The van der Waals surface area contributed by atoms with Gasteiger partial charge in [-0.1, -0.05) is 29.0 Å². The van der Waals surface area contributed by atoms with E-state index in [4.69, 9.17) is 25.5 Å². The number of amides is 1.